The van der Waals surface area contributed by atoms with Gasteiger partial charge in [0.15, 0.2) is 6.29 Å². The van der Waals surface area contributed by atoms with E-state index in [-0.39, 0.29) is 0 Å². The topological polar surface area (TPSA) is 42.4 Å². The smallest absolute Gasteiger partial charge is 0.153 e. The van der Waals surface area contributed by atoms with E-state index in [1.54, 1.807) is 7.11 Å². The number of anilines is 3. The third kappa shape index (κ3) is 6.78. The molecule has 0 unspecified atom stereocenters. The Labute approximate surface area is 307 Å². The number of carbonyl (C=O) groups excluding carboxylic acids is 1. The van der Waals surface area contributed by atoms with E-state index in [0.29, 0.717) is 16.3 Å². The predicted molar refractivity (Wildman–Crippen MR) is 218 cm³/mol. The first-order chi connectivity index (χ1) is 25.7. The van der Waals surface area contributed by atoms with Gasteiger partial charge in [0.2, 0.25) is 0 Å². The zero-order chi connectivity index (χ0) is 35.3. The fourth-order valence-corrected chi connectivity index (χ4v) is 7.47. The number of ether oxygens (including phenoxy) is 1. The van der Waals surface area contributed by atoms with E-state index in [4.69, 9.17) is 9.72 Å². The monoisotopic (exact) mass is 690 g/mol. The summed E-state index contributed by atoms with van der Waals surface area (Å²) in [6.07, 6.45) is 2.74. The molecular weight excluding hydrogens is 657 g/mol. The van der Waals surface area contributed by atoms with Gasteiger partial charge >= 0.3 is 0 Å². The standard InChI is InChI=1S/C47H34N2O2S/c1-51-45-31-43(49(41-18-10-4-11-19-41)42-20-12-5-13-21-42)24-22-36(45)26-40(32-50)47-48-44-25-23-35(30-46(44)52-47)39-28-37(33-14-6-2-7-15-33)27-38(29-39)34-16-8-3-9-17-34/h2-32H,1H3/b40-26+. The number of aldehydes is 1. The molecule has 8 aromatic rings. The number of thiazole rings is 1. The number of fused-ring (bicyclic) bond motifs is 1. The van der Waals surface area contributed by atoms with Gasteiger partial charge < -0.3 is 9.64 Å². The molecule has 0 saturated heterocycles. The van der Waals surface area contributed by atoms with Crippen LogP contribution < -0.4 is 9.64 Å². The van der Waals surface area contributed by atoms with E-state index in [2.05, 4.69) is 114 Å². The lowest BCUT2D eigenvalue weighted by atomic mass is 9.93. The SMILES string of the molecule is COc1cc(N(c2ccccc2)c2ccccc2)ccc1/C=C(\C=O)c1nc2ccc(-c3cc(-c4ccccc4)cc(-c4ccccc4)c3)cc2s1. The Morgan fingerprint density at radius 1 is 0.558 bits per heavy atom. The molecule has 5 heteroatoms. The minimum atomic E-state index is 0.495. The van der Waals surface area contributed by atoms with E-state index >= 15 is 0 Å². The molecule has 0 amide bonds. The second-order valence-electron chi connectivity index (χ2n) is 12.4. The van der Waals surface area contributed by atoms with Gasteiger partial charge in [-0.15, -0.1) is 11.3 Å². The van der Waals surface area contributed by atoms with E-state index in [0.717, 1.165) is 61.4 Å². The van der Waals surface area contributed by atoms with Crippen molar-refractivity contribution >= 4 is 56.6 Å². The van der Waals surface area contributed by atoms with E-state index < -0.39 is 0 Å². The number of benzene rings is 7. The van der Waals surface area contributed by atoms with Crippen LogP contribution in [0, 0.1) is 0 Å². The number of aromatic nitrogens is 1. The highest BCUT2D eigenvalue weighted by molar-refractivity contribution is 7.19. The highest BCUT2D eigenvalue weighted by Gasteiger charge is 2.16. The summed E-state index contributed by atoms with van der Waals surface area (Å²) in [6.45, 7) is 0. The minimum Gasteiger partial charge on any atom is -0.496 e. The first kappa shape index (κ1) is 32.6. The third-order valence-electron chi connectivity index (χ3n) is 9.06. The molecule has 1 aromatic heterocycles. The molecule has 0 aliphatic heterocycles. The maximum Gasteiger partial charge on any atom is 0.153 e. The molecule has 0 spiro atoms. The van der Waals surface area contributed by atoms with Gasteiger partial charge in [-0.2, -0.15) is 0 Å². The van der Waals surface area contributed by atoms with Crippen molar-refractivity contribution in [1.29, 1.82) is 0 Å². The summed E-state index contributed by atoms with van der Waals surface area (Å²) in [4.78, 5) is 19.7. The molecule has 0 fully saturated rings. The van der Waals surface area contributed by atoms with E-state index in [9.17, 15) is 4.79 Å². The number of allylic oxidation sites excluding steroid dienone is 1. The molecule has 0 saturated carbocycles. The van der Waals surface area contributed by atoms with Crippen LogP contribution in [0.15, 0.2) is 176 Å². The number of carbonyl (C=O) groups is 1. The van der Waals surface area contributed by atoms with Crippen molar-refractivity contribution in [3.05, 3.63) is 186 Å². The first-order valence-electron chi connectivity index (χ1n) is 17.1. The summed E-state index contributed by atoms with van der Waals surface area (Å²) in [5.74, 6) is 0.657. The number of rotatable bonds is 10. The molecule has 0 aliphatic rings. The Morgan fingerprint density at radius 2 is 1.10 bits per heavy atom. The molecule has 0 N–H and O–H groups in total. The summed E-state index contributed by atoms with van der Waals surface area (Å²) in [5.41, 5.74) is 12.0. The molecule has 0 radical (unpaired) electrons. The lowest BCUT2D eigenvalue weighted by Crippen LogP contribution is -2.10. The van der Waals surface area contributed by atoms with Crippen molar-refractivity contribution < 1.29 is 9.53 Å². The van der Waals surface area contributed by atoms with Crippen LogP contribution in [0.3, 0.4) is 0 Å². The minimum absolute atomic E-state index is 0.495. The summed E-state index contributed by atoms with van der Waals surface area (Å²) >= 11 is 1.52. The van der Waals surface area contributed by atoms with Crippen LogP contribution in [0.25, 0.3) is 55.2 Å². The Hall–Kier alpha value is -6.56. The number of nitrogens with zero attached hydrogens (tertiary/aromatic N) is 2. The average molecular weight is 691 g/mol. The third-order valence-corrected chi connectivity index (χ3v) is 10.1. The van der Waals surface area contributed by atoms with Gasteiger partial charge in [-0.3, -0.25) is 4.79 Å². The fraction of sp³-hybridized carbons (Fsp3) is 0.0213. The highest BCUT2D eigenvalue weighted by Crippen LogP contribution is 2.39. The van der Waals surface area contributed by atoms with Crippen LogP contribution in [-0.4, -0.2) is 18.4 Å². The average Bonchev–Trinajstić information content (AvgIpc) is 3.65. The van der Waals surface area contributed by atoms with Gasteiger partial charge in [0.1, 0.15) is 10.8 Å². The van der Waals surface area contributed by atoms with Crippen molar-refractivity contribution in [2.24, 2.45) is 0 Å². The second kappa shape index (κ2) is 14.7. The maximum absolute atomic E-state index is 12.6. The quantitative estimate of drug-likeness (QED) is 0.106. The molecule has 0 bridgehead atoms. The first-order valence-corrected chi connectivity index (χ1v) is 17.9. The Bertz CT molecular complexity index is 2410. The molecule has 0 atom stereocenters. The van der Waals surface area contributed by atoms with Crippen LogP contribution in [0.4, 0.5) is 17.1 Å². The second-order valence-corrected chi connectivity index (χ2v) is 13.4. The molecule has 0 aliphatic carbocycles. The van der Waals surface area contributed by atoms with E-state index in [1.807, 2.05) is 72.8 Å². The van der Waals surface area contributed by atoms with Crippen molar-refractivity contribution in [2.75, 3.05) is 12.0 Å². The van der Waals surface area contributed by atoms with Crippen LogP contribution in [0.1, 0.15) is 10.6 Å². The van der Waals surface area contributed by atoms with E-state index in [1.165, 1.54) is 22.5 Å². The molecule has 1 heterocycles. The molecule has 52 heavy (non-hydrogen) atoms. The number of methoxy groups -OCH3 is 1. The number of para-hydroxylation sites is 2. The van der Waals surface area contributed by atoms with Gasteiger partial charge in [0, 0.05) is 28.7 Å². The highest BCUT2D eigenvalue weighted by atomic mass is 32.1. The van der Waals surface area contributed by atoms with Gasteiger partial charge in [-0.25, -0.2) is 4.98 Å². The summed E-state index contributed by atoms with van der Waals surface area (Å²) < 4.78 is 6.90. The Balaban J connectivity index is 1.15. The molecule has 250 valence electrons. The fourth-order valence-electron chi connectivity index (χ4n) is 6.49. The Kier molecular flexibility index (Phi) is 9.25. The van der Waals surface area contributed by atoms with Gasteiger partial charge in [0.05, 0.1) is 22.9 Å². The van der Waals surface area contributed by atoms with Crippen LogP contribution in [0.5, 0.6) is 5.75 Å². The lowest BCUT2D eigenvalue weighted by Gasteiger charge is -2.26. The van der Waals surface area contributed by atoms with Crippen molar-refractivity contribution in [3.63, 3.8) is 0 Å². The normalized spacial score (nSPS) is 11.4. The molecule has 7 aromatic carbocycles. The summed E-state index contributed by atoms with van der Waals surface area (Å²) in [7, 11) is 1.65. The van der Waals surface area contributed by atoms with Crippen molar-refractivity contribution in [3.8, 4) is 39.1 Å². The van der Waals surface area contributed by atoms with Gasteiger partial charge in [0.25, 0.3) is 0 Å². The molecular formula is C47H34N2O2S. The Morgan fingerprint density at radius 3 is 1.63 bits per heavy atom. The largest absolute Gasteiger partial charge is 0.496 e. The summed E-state index contributed by atoms with van der Waals surface area (Å²) in [6, 6.07) is 60.5. The zero-order valence-corrected chi connectivity index (χ0v) is 29.3. The van der Waals surface area contributed by atoms with Gasteiger partial charge in [-0.1, -0.05) is 103 Å². The number of hydrogen-bond donors (Lipinski definition) is 0. The molecule has 4 nitrogen and oxygen atoms in total. The lowest BCUT2D eigenvalue weighted by molar-refractivity contribution is -0.103. The molecule has 8 rings (SSSR count). The van der Waals surface area contributed by atoms with Crippen LogP contribution in [0.2, 0.25) is 0 Å². The van der Waals surface area contributed by atoms with Crippen molar-refractivity contribution in [2.45, 2.75) is 0 Å². The maximum atomic E-state index is 12.6. The van der Waals surface area contributed by atoms with Crippen LogP contribution in [-0.2, 0) is 4.79 Å². The number of hydrogen-bond acceptors (Lipinski definition) is 5. The summed E-state index contributed by atoms with van der Waals surface area (Å²) in [5, 5.41) is 0.659. The van der Waals surface area contributed by atoms with Crippen molar-refractivity contribution in [1.82, 2.24) is 4.98 Å². The predicted octanol–water partition coefficient (Wildman–Crippen LogP) is 12.5. The van der Waals surface area contributed by atoms with Gasteiger partial charge in [-0.05, 0) is 106 Å². The zero-order valence-electron chi connectivity index (χ0n) is 28.5. The van der Waals surface area contributed by atoms with Crippen LogP contribution >= 0.6 is 11.3 Å².